The summed E-state index contributed by atoms with van der Waals surface area (Å²) in [5.74, 6) is 0.554. The maximum absolute atomic E-state index is 12.5. The van der Waals surface area contributed by atoms with E-state index in [2.05, 4.69) is 26.0 Å². The van der Waals surface area contributed by atoms with Gasteiger partial charge in [0.05, 0.1) is 6.54 Å². The van der Waals surface area contributed by atoms with Crippen molar-refractivity contribution in [1.82, 2.24) is 9.80 Å². The predicted octanol–water partition coefficient (Wildman–Crippen LogP) is 2.47. The number of carbonyl (C=O) groups excluding carboxylic acids is 2. The van der Waals surface area contributed by atoms with Gasteiger partial charge in [-0.1, -0.05) is 38.1 Å². The van der Waals surface area contributed by atoms with Gasteiger partial charge < -0.3 is 9.80 Å². The van der Waals surface area contributed by atoms with Crippen LogP contribution in [-0.4, -0.2) is 41.2 Å². The molecule has 120 valence electrons. The summed E-state index contributed by atoms with van der Waals surface area (Å²) in [5.41, 5.74) is 2.55. The minimum absolute atomic E-state index is 0.0218. The topological polar surface area (TPSA) is 40.6 Å². The molecule has 1 heterocycles. The standard InChI is InChI=1S/C18H26N2O2/c1-14(2)8-10-19(15(3)21)13-18(22)20-11-9-16-6-4-5-7-17(16)12-20/h4-7,14H,8-13H2,1-3H3. The number of amides is 2. The summed E-state index contributed by atoms with van der Waals surface area (Å²) in [5, 5.41) is 0. The van der Waals surface area contributed by atoms with E-state index in [9.17, 15) is 9.59 Å². The van der Waals surface area contributed by atoms with E-state index in [-0.39, 0.29) is 18.4 Å². The van der Waals surface area contributed by atoms with Crippen LogP contribution in [0.1, 0.15) is 38.3 Å². The Kier molecular flexibility index (Phi) is 5.58. The molecule has 0 aliphatic carbocycles. The van der Waals surface area contributed by atoms with E-state index in [0.29, 0.717) is 19.0 Å². The fourth-order valence-corrected chi connectivity index (χ4v) is 2.73. The number of benzene rings is 1. The highest BCUT2D eigenvalue weighted by Crippen LogP contribution is 2.18. The molecule has 1 aliphatic rings. The monoisotopic (exact) mass is 302 g/mol. The Labute approximate surface area is 133 Å². The van der Waals surface area contributed by atoms with Crippen LogP contribution >= 0.6 is 0 Å². The van der Waals surface area contributed by atoms with Crippen molar-refractivity contribution in [3.8, 4) is 0 Å². The number of fused-ring (bicyclic) bond motifs is 1. The molecule has 0 spiro atoms. The van der Waals surface area contributed by atoms with Gasteiger partial charge in [-0.15, -0.1) is 0 Å². The molecule has 1 aromatic rings. The van der Waals surface area contributed by atoms with Crippen molar-refractivity contribution in [2.24, 2.45) is 5.92 Å². The maximum Gasteiger partial charge on any atom is 0.242 e. The molecule has 1 aliphatic heterocycles. The molecule has 2 rings (SSSR count). The Morgan fingerprint density at radius 1 is 1.23 bits per heavy atom. The summed E-state index contributed by atoms with van der Waals surface area (Å²) in [6.07, 6.45) is 1.82. The van der Waals surface area contributed by atoms with E-state index in [4.69, 9.17) is 0 Å². The van der Waals surface area contributed by atoms with E-state index in [1.165, 1.54) is 11.1 Å². The van der Waals surface area contributed by atoms with Crippen LogP contribution in [0, 0.1) is 5.92 Å². The van der Waals surface area contributed by atoms with Crippen LogP contribution < -0.4 is 0 Å². The van der Waals surface area contributed by atoms with Gasteiger partial charge in [-0.25, -0.2) is 0 Å². The summed E-state index contributed by atoms with van der Waals surface area (Å²) in [4.78, 5) is 27.8. The minimum Gasteiger partial charge on any atom is -0.336 e. The van der Waals surface area contributed by atoms with E-state index >= 15 is 0 Å². The van der Waals surface area contributed by atoms with Gasteiger partial charge in [0.1, 0.15) is 0 Å². The second-order valence-corrected chi connectivity index (χ2v) is 6.46. The molecule has 0 radical (unpaired) electrons. The van der Waals surface area contributed by atoms with Gasteiger partial charge in [-0.3, -0.25) is 9.59 Å². The zero-order valence-corrected chi connectivity index (χ0v) is 13.8. The van der Waals surface area contributed by atoms with Crippen molar-refractivity contribution in [1.29, 1.82) is 0 Å². The zero-order valence-electron chi connectivity index (χ0n) is 13.8. The molecule has 0 unspecified atom stereocenters. The zero-order chi connectivity index (χ0) is 16.1. The molecule has 0 atom stereocenters. The molecule has 1 aromatic carbocycles. The third-order valence-corrected chi connectivity index (χ3v) is 4.23. The van der Waals surface area contributed by atoms with Crippen molar-refractivity contribution in [3.63, 3.8) is 0 Å². The molecule has 0 aromatic heterocycles. The van der Waals surface area contributed by atoms with E-state index in [1.54, 1.807) is 11.8 Å². The summed E-state index contributed by atoms with van der Waals surface area (Å²) in [6, 6.07) is 8.26. The Hall–Kier alpha value is -1.84. The first-order valence-electron chi connectivity index (χ1n) is 8.07. The third-order valence-electron chi connectivity index (χ3n) is 4.23. The Morgan fingerprint density at radius 3 is 2.55 bits per heavy atom. The van der Waals surface area contributed by atoms with Crippen LogP contribution in [0.4, 0.5) is 0 Å². The molecular formula is C18H26N2O2. The smallest absolute Gasteiger partial charge is 0.242 e. The normalized spacial score (nSPS) is 13.9. The van der Waals surface area contributed by atoms with Crippen LogP contribution in [0.15, 0.2) is 24.3 Å². The Morgan fingerprint density at radius 2 is 1.91 bits per heavy atom. The predicted molar refractivity (Wildman–Crippen MR) is 87.3 cm³/mol. The number of hydrogen-bond donors (Lipinski definition) is 0. The van der Waals surface area contributed by atoms with Crippen molar-refractivity contribution in [2.75, 3.05) is 19.6 Å². The average Bonchev–Trinajstić information content (AvgIpc) is 2.50. The Bertz CT molecular complexity index is 540. The van der Waals surface area contributed by atoms with E-state index in [1.807, 2.05) is 17.0 Å². The van der Waals surface area contributed by atoms with Crippen LogP contribution in [0.25, 0.3) is 0 Å². The molecule has 0 saturated carbocycles. The van der Waals surface area contributed by atoms with E-state index < -0.39 is 0 Å². The number of rotatable bonds is 5. The summed E-state index contributed by atoms with van der Waals surface area (Å²) in [7, 11) is 0. The van der Waals surface area contributed by atoms with Crippen LogP contribution in [0.3, 0.4) is 0 Å². The number of carbonyl (C=O) groups is 2. The number of hydrogen-bond acceptors (Lipinski definition) is 2. The highest BCUT2D eigenvalue weighted by Gasteiger charge is 2.23. The lowest BCUT2D eigenvalue weighted by Gasteiger charge is -2.31. The molecule has 0 fully saturated rings. The largest absolute Gasteiger partial charge is 0.336 e. The van der Waals surface area contributed by atoms with Crippen LogP contribution in [0.5, 0.6) is 0 Å². The lowest BCUT2D eigenvalue weighted by atomic mass is 10.00. The summed E-state index contributed by atoms with van der Waals surface area (Å²) >= 11 is 0. The molecule has 4 nitrogen and oxygen atoms in total. The second-order valence-electron chi connectivity index (χ2n) is 6.46. The van der Waals surface area contributed by atoms with Gasteiger partial charge in [0.25, 0.3) is 0 Å². The fourth-order valence-electron chi connectivity index (χ4n) is 2.73. The van der Waals surface area contributed by atoms with Crippen LogP contribution in [0.2, 0.25) is 0 Å². The first-order valence-corrected chi connectivity index (χ1v) is 8.07. The quantitative estimate of drug-likeness (QED) is 0.838. The van der Waals surface area contributed by atoms with Gasteiger partial charge in [-0.05, 0) is 29.9 Å². The molecule has 22 heavy (non-hydrogen) atoms. The molecular weight excluding hydrogens is 276 g/mol. The fraction of sp³-hybridized carbons (Fsp3) is 0.556. The molecule has 0 saturated heterocycles. The lowest BCUT2D eigenvalue weighted by molar-refractivity contribution is -0.140. The molecule has 0 N–H and O–H groups in total. The van der Waals surface area contributed by atoms with Crippen molar-refractivity contribution in [2.45, 2.75) is 40.2 Å². The lowest BCUT2D eigenvalue weighted by Crippen LogP contribution is -2.44. The van der Waals surface area contributed by atoms with Gasteiger partial charge in [-0.2, -0.15) is 0 Å². The molecule has 4 heteroatoms. The first kappa shape index (κ1) is 16.5. The third kappa shape index (κ3) is 4.33. The van der Waals surface area contributed by atoms with E-state index in [0.717, 1.165) is 19.4 Å². The molecule has 2 amide bonds. The van der Waals surface area contributed by atoms with Crippen LogP contribution in [-0.2, 0) is 22.6 Å². The highest BCUT2D eigenvalue weighted by molar-refractivity contribution is 5.84. The van der Waals surface area contributed by atoms with Crippen molar-refractivity contribution < 1.29 is 9.59 Å². The SMILES string of the molecule is CC(=O)N(CCC(C)C)CC(=O)N1CCc2ccccc2C1. The summed E-state index contributed by atoms with van der Waals surface area (Å²) < 4.78 is 0. The second kappa shape index (κ2) is 7.43. The first-order chi connectivity index (χ1) is 10.5. The highest BCUT2D eigenvalue weighted by atomic mass is 16.2. The summed E-state index contributed by atoms with van der Waals surface area (Å²) in [6.45, 7) is 8.05. The number of nitrogens with zero attached hydrogens (tertiary/aromatic N) is 2. The molecule has 0 bridgehead atoms. The minimum atomic E-state index is -0.0218. The van der Waals surface area contributed by atoms with Gasteiger partial charge >= 0.3 is 0 Å². The van der Waals surface area contributed by atoms with Gasteiger partial charge in [0.15, 0.2) is 0 Å². The van der Waals surface area contributed by atoms with Crippen molar-refractivity contribution in [3.05, 3.63) is 35.4 Å². The van der Waals surface area contributed by atoms with Crippen molar-refractivity contribution >= 4 is 11.8 Å². The average molecular weight is 302 g/mol. The van der Waals surface area contributed by atoms with Gasteiger partial charge in [0, 0.05) is 26.6 Å². The Balaban J connectivity index is 1.95. The maximum atomic E-state index is 12.5. The van der Waals surface area contributed by atoms with Gasteiger partial charge in [0.2, 0.25) is 11.8 Å².